The van der Waals surface area contributed by atoms with Crippen LogP contribution in [0.15, 0.2) is 18.2 Å². The van der Waals surface area contributed by atoms with E-state index in [0.717, 1.165) is 19.3 Å². The summed E-state index contributed by atoms with van der Waals surface area (Å²) in [6, 6.07) is 4.82. The molecule has 5 nitrogen and oxygen atoms in total. The third-order valence-corrected chi connectivity index (χ3v) is 4.25. The highest BCUT2D eigenvalue weighted by Gasteiger charge is 2.23. The molecule has 0 saturated carbocycles. The second-order valence-corrected chi connectivity index (χ2v) is 6.39. The van der Waals surface area contributed by atoms with Gasteiger partial charge in [-0.25, -0.2) is 4.79 Å². The van der Waals surface area contributed by atoms with Gasteiger partial charge in [0.1, 0.15) is 6.04 Å². The quantitative estimate of drug-likeness (QED) is 0.756. The van der Waals surface area contributed by atoms with Crippen molar-refractivity contribution in [3.8, 4) is 0 Å². The summed E-state index contributed by atoms with van der Waals surface area (Å²) >= 11 is 0. The maximum Gasteiger partial charge on any atom is 0.326 e. The number of aliphatic carboxylic acids is 1. The topological polar surface area (TPSA) is 83.5 Å². The van der Waals surface area contributed by atoms with Crippen LogP contribution in [0.4, 0.5) is 0 Å². The first-order valence-electron chi connectivity index (χ1n) is 8.05. The van der Waals surface area contributed by atoms with Crippen molar-refractivity contribution in [3.63, 3.8) is 0 Å². The molecule has 0 unspecified atom stereocenters. The number of hydrogen-bond acceptors (Lipinski definition) is 3. The average Bonchev–Trinajstić information content (AvgIpc) is 2.96. The van der Waals surface area contributed by atoms with Gasteiger partial charge in [0.2, 0.25) is 5.91 Å². The third-order valence-electron chi connectivity index (χ3n) is 4.25. The Morgan fingerprint density at radius 1 is 1.13 bits per heavy atom. The molecule has 0 saturated heterocycles. The molecule has 1 aliphatic carbocycles. The maximum absolute atomic E-state index is 12.2. The zero-order chi connectivity index (χ0) is 17.0. The van der Waals surface area contributed by atoms with Crippen LogP contribution < -0.4 is 5.32 Å². The monoisotopic (exact) mass is 317 g/mol. The molecule has 5 heteroatoms. The number of rotatable bonds is 7. The highest BCUT2D eigenvalue weighted by atomic mass is 16.4. The van der Waals surface area contributed by atoms with E-state index in [2.05, 4.69) is 5.32 Å². The van der Waals surface area contributed by atoms with Crippen LogP contribution in [0.5, 0.6) is 0 Å². The minimum absolute atomic E-state index is 0.00637. The lowest BCUT2D eigenvalue weighted by Crippen LogP contribution is -2.44. The Balaban J connectivity index is 1.89. The van der Waals surface area contributed by atoms with Crippen molar-refractivity contribution in [2.24, 2.45) is 5.92 Å². The first-order valence-corrected chi connectivity index (χ1v) is 8.05. The summed E-state index contributed by atoms with van der Waals surface area (Å²) < 4.78 is 0. The number of ketones is 1. The highest BCUT2D eigenvalue weighted by Crippen LogP contribution is 2.23. The Morgan fingerprint density at radius 3 is 2.48 bits per heavy atom. The zero-order valence-corrected chi connectivity index (χ0v) is 13.6. The summed E-state index contributed by atoms with van der Waals surface area (Å²) in [5.74, 6) is -1.74. The van der Waals surface area contributed by atoms with Gasteiger partial charge < -0.3 is 10.4 Å². The summed E-state index contributed by atoms with van der Waals surface area (Å²) in [6.45, 7) is 3.46. The van der Waals surface area contributed by atoms with Crippen molar-refractivity contribution in [3.05, 3.63) is 34.9 Å². The lowest BCUT2D eigenvalue weighted by Gasteiger charge is -2.17. The lowest BCUT2D eigenvalue weighted by molar-refractivity contribution is -0.143. The number of carboxylic acids is 1. The lowest BCUT2D eigenvalue weighted by atomic mass is 10.0. The normalized spacial score (nSPS) is 14.4. The summed E-state index contributed by atoms with van der Waals surface area (Å²) in [7, 11) is 0. The fourth-order valence-electron chi connectivity index (χ4n) is 2.88. The number of Topliss-reactive ketones (excluding diaryl/α,β-unsaturated/α-hetero) is 1. The Labute approximate surface area is 136 Å². The number of carboxylic acid groups (broad SMARTS) is 1. The van der Waals surface area contributed by atoms with E-state index in [-0.39, 0.29) is 24.5 Å². The van der Waals surface area contributed by atoms with E-state index in [1.165, 1.54) is 11.1 Å². The number of benzene rings is 1. The van der Waals surface area contributed by atoms with Gasteiger partial charge in [0.15, 0.2) is 5.78 Å². The van der Waals surface area contributed by atoms with Gasteiger partial charge in [-0.15, -0.1) is 0 Å². The molecule has 0 bridgehead atoms. The predicted octanol–water partition coefficient (Wildman–Crippen LogP) is 2.36. The van der Waals surface area contributed by atoms with Crippen molar-refractivity contribution in [2.45, 2.75) is 52.0 Å². The predicted molar refractivity (Wildman–Crippen MR) is 86.4 cm³/mol. The van der Waals surface area contributed by atoms with E-state index >= 15 is 0 Å². The van der Waals surface area contributed by atoms with Gasteiger partial charge in [-0.3, -0.25) is 9.59 Å². The molecule has 1 amide bonds. The number of amides is 1. The summed E-state index contributed by atoms with van der Waals surface area (Å²) in [5.41, 5.74) is 3.17. The van der Waals surface area contributed by atoms with Crippen molar-refractivity contribution >= 4 is 17.7 Å². The molecule has 2 rings (SSSR count). The molecule has 0 aromatic heterocycles. The van der Waals surface area contributed by atoms with Gasteiger partial charge in [-0.1, -0.05) is 26.0 Å². The molecule has 0 fully saturated rings. The Hall–Kier alpha value is -2.17. The summed E-state index contributed by atoms with van der Waals surface area (Å²) in [5, 5.41) is 11.5. The molecule has 23 heavy (non-hydrogen) atoms. The smallest absolute Gasteiger partial charge is 0.326 e. The molecule has 1 aromatic rings. The summed E-state index contributed by atoms with van der Waals surface area (Å²) in [4.78, 5) is 35.1. The fourth-order valence-corrected chi connectivity index (χ4v) is 2.88. The molecule has 0 heterocycles. The van der Waals surface area contributed by atoms with Gasteiger partial charge in [0.05, 0.1) is 0 Å². The Bertz CT molecular complexity index is 621. The fraction of sp³-hybridized carbons (Fsp3) is 0.500. The first kappa shape index (κ1) is 17.2. The molecule has 1 aliphatic rings. The molecule has 0 radical (unpaired) electrons. The van der Waals surface area contributed by atoms with Gasteiger partial charge in [0, 0.05) is 18.4 Å². The number of nitrogens with one attached hydrogen (secondary N) is 1. The second-order valence-electron chi connectivity index (χ2n) is 6.39. The van der Waals surface area contributed by atoms with Crippen molar-refractivity contribution < 1.29 is 19.5 Å². The van der Waals surface area contributed by atoms with Crippen LogP contribution in [0.3, 0.4) is 0 Å². The van der Waals surface area contributed by atoms with E-state index in [4.69, 9.17) is 5.11 Å². The second kappa shape index (κ2) is 7.40. The van der Waals surface area contributed by atoms with Crippen LogP contribution >= 0.6 is 0 Å². The van der Waals surface area contributed by atoms with E-state index in [9.17, 15) is 14.4 Å². The SMILES string of the molecule is CC(C)[C@@H](NC(=O)CCC(=O)c1ccc2c(c1)CCC2)C(=O)O. The van der Waals surface area contributed by atoms with Crippen molar-refractivity contribution in [1.29, 1.82) is 0 Å². The van der Waals surface area contributed by atoms with E-state index in [1.807, 2.05) is 18.2 Å². The standard InChI is InChI=1S/C18H23NO4/c1-11(2)17(18(22)23)19-16(21)9-8-15(20)14-7-6-12-4-3-5-13(12)10-14/h6-7,10-11,17H,3-5,8-9H2,1-2H3,(H,19,21)(H,22,23)/t17-/m1/s1. The van der Waals surface area contributed by atoms with E-state index in [1.54, 1.807) is 13.8 Å². The van der Waals surface area contributed by atoms with Crippen LogP contribution in [-0.2, 0) is 22.4 Å². The van der Waals surface area contributed by atoms with Gasteiger partial charge in [-0.2, -0.15) is 0 Å². The van der Waals surface area contributed by atoms with Crippen LogP contribution in [0.25, 0.3) is 0 Å². The molecule has 0 spiro atoms. The first-order chi connectivity index (χ1) is 10.9. The molecular formula is C18H23NO4. The largest absolute Gasteiger partial charge is 0.480 e. The van der Waals surface area contributed by atoms with Gasteiger partial charge in [-0.05, 0) is 42.4 Å². The van der Waals surface area contributed by atoms with E-state index in [0.29, 0.717) is 5.56 Å². The molecule has 124 valence electrons. The number of aryl methyl sites for hydroxylation is 2. The Kier molecular flexibility index (Phi) is 5.53. The van der Waals surface area contributed by atoms with Gasteiger partial charge in [0.25, 0.3) is 0 Å². The molecule has 2 N–H and O–H groups in total. The molecular weight excluding hydrogens is 294 g/mol. The highest BCUT2D eigenvalue weighted by molar-refractivity contribution is 5.98. The number of carbonyl (C=O) groups excluding carboxylic acids is 2. The van der Waals surface area contributed by atoms with Crippen LogP contribution in [0.1, 0.15) is 54.6 Å². The zero-order valence-electron chi connectivity index (χ0n) is 13.6. The van der Waals surface area contributed by atoms with E-state index < -0.39 is 17.9 Å². The van der Waals surface area contributed by atoms with Crippen LogP contribution in [-0.4, -0.2) is 28.8 Å². The number of fused-ring (bicyclic) bond motifs is 1. The number of hydrogen-bond donors (Lipinski definition) is 2. The molecule has 0 aliphatic heterocycles. The minimum atomic E-state index is -1.06. The molecule has 1 aromatic carbocycles. The van der Waals surface area contributed by atoms with Crippen LogP contribution in [0.2, 0.25) is 0 Å². The van der Waals surface area contributed by atoms with Crippen molar-refractivity contribution in [1.82, 2.24) is 5.32 Å². The number of carbonyl (C=O) groups is 3. The average molecular weight is 317 g/mol. The minimum Gasteiger partial charge on any atom is -0.480 e. The van der Waals surface area contributed by atoms with Crippen LogP contribution in [0, 0.1) is 5.92 Å². The molecule has 1 atom stereocenters. The Morgan fingerprint density at radius 2 is 1.83 bits per heavy atom. The maximum atomic E-state index is 12.2. The van der Waals surface area contributed by atoms with Gasteiger partial charge >= 0.3 is 5.97 Å². The summed E-state index contributed by atoms with van der Waals surface area (Å²) in [6.07, 6.45) is 3.30. The van der Waals surface area contributed by atoms with Crippen molar-refractivity contribution in [2.75, 3.05) is 0 Å². The third kappa shape index (κ3) is 4.41.